The second-order valence-electron chi connectivity index (χ2n) is 6.10. The van der Waals surface area contributed by atoms with Crippen LogP contribution in [0.15, 0.2) is 18.2 Å². The topological polar surface area (TPSA) is 29.3 Å². The van der Waals surface area contributed by atoms with Crippen molar-refractivity contribution in [3.05, 3.63) is 35.1 Å². The highest BCUT2D eigenvalue weighted by Crippen LogP contribution is 2.39. The highest BCUT2D eigenvalue weighted by molar-refractivity contribution is 5.28. The van der Waals surface area contributed by atoms with Gasteiger partial charge in [-0.15, -0.1) is 0 Å². The Morgan fingerprint density at radius 3 is 2.74 bits per heavy atom. The van der Waals surface area contributed by atoms with Crippen LogP contribution in [0.5, 0.6) is 0 Å². The van der Waals surface area contributed by atoms with Gasteiger partial charge in [0.05, 0.1) is 6.04 Å². The van der Waals surface area contributed by atoms with E-state index in [2.05, 4.69) is 4.90 Å². The fraction of sp³-hybridized carbons (Fsp3) is 0.625. The van der Waals surface area contributed by atoms with E-state index in [4.69, 9.17) is 5.73 Å². The molecule has 2 fully saturated rings. The second-order valence-corrected chi connectivity index (χ2v) is 6.10. The first-order valence-electron chi connectivity index (χ1n) is 7.44. The average molecular weight is 262 g/mol. The zero-order chi connectivity index (χ0) is 13.4. The molecule has 0 aromatic heterocycles. The Labute approximate surface area is 114 Å². The number of halogens is 1. The summed E-state index contributed by atoms with van der Waals surface area (Å²) in [5, 5.41) is 0. The van der Waals surface area contributed by atoms with E-state index >= 15 is 0 Å². The van der Waals surface area contributed by atoms with Crippen LogP contribution in [0.4, 0.5) is 4.39 Å². The molecule has 1 aliphatic heterocycles. The largest absolute Gasteiger partial charge is 0.326 e. The van der Waals surface area contributed by atoms with Crippen molar-refractivity contribution in [2.45, 2.75) is 57.2 Å². The van der Waals surface area contributed by atoms with Crippen molar-refractivity contribution < 1.29 is 4.39 Å². The molecule has 1 heterocycles. The minimum absolute atomic E-state index is 0.0550. The fourth-order valence-corrected chi connectivity index (χ4v) is 3.33. The second kappa shape index (κ2) is 5.22. The number of nitrogens with zero attached hydrogens (tertiary/aromatic N) is 1. The van der Waals surface area contributed by atoms with Crippen LogP contribution in [0.2, 0.25) is 0 Å². The van der Waals surface area contributed by atoms with Gasteiger partial charge in [-0.25, -0.2) is 4.39 Å². The number of nitrogens with two attached hydrogens (primary N) is 1. The summed E-state index contributed by atoms with van der Waals surface area (Å²) in [6.45, 7) is 3.09. The van der Waals surface area contributed by atoms with Gasteiger partial charge in [0.1, 0.15) is 5.82 Å². The summed E-state index contributed by atoms with van der Waals surface area (Å²) >= 11 is 0. The number of hydrogen-bond donors (Lipinski definition) is 1. The Morgan fingerprint density at radius 2 is 2.00 bits per heavy atom. The zero-order valence-electron chi connectivity index (χ0n) is 11.6. The molecule has 0 spiro atoms. The summed E-state index contributed by atoms with van der Waals surface area (Å²) < 4.78 is 14.2. The SMILES string of the molecule is Cc1ccc(F)c(C2C(N)CCCCN2C2CC2)c1. The molecular weight excluding hydrogens is 239 g/mol. The van der Waals surface area contributed by atoms with Gasteiger partial charge in [0.15, 0.2) is 0 Å². The fourth-order valence-electron chi connectivity index (χ4n) is 3.33. The average Bonchev–Trinajstić information content (AvgIpc) is 3.19. The summed E-state index contributed by atoms with van der Waals surface area (Å²) in [4.78, 5) is 2.47. The van der Waals surface area contributed by atoms with Gasteiger partial charge in [-0.1, -0.05) is 24.1 Å². The number of hydrogen-bond acceptors (Lipinski definition) is 2. The van der Waals surface area contributed by atoms with E-state index in [-0.39, 0.29) is 17.9 Å². The molecule has 2 unspecified atom stereocenters. The number of benzene rings is 1. The molecule has 19 heavy (non-hydrogen) atoms. The van der Waals surface area contributed by atoms with E-state index in [1.807, 2.05) is 19.1 Å². The molecule has 3 rings (SSSR count). The third-order valence-electron chi connectivity index (χ3n) is 4.45. The van der Waals surface area contributed by atoms with Crippen LogP contribution in [0.1, 0.15) is 49.3 Å². The highest BCUT2D eigenvalue weighted by Gasteiger charge is 2.39. The maximum Gasteiger partial charge on any atom is 0.128 e. The van der Waals surface area contributed by atoms with Crippen molar-refractivity contribution in [1.29, 1.82) is 0 Å². The maximum atomic E-state index is 14.2. The van der Waals surface area contributed by atoms with E-state index in [1.165, 1.54) is 19.3 Å². The molecule has 1 saturated carbocycles. The Kier molecular flexibility index (Phi) is 3.59. The molecule has 3 heteroatoms. The van der Waals surface area contributed by atoms with Crippen molar-refractivity contribution >= 4 is 0 Å². The van der Waals surface area contributed by atoms with Crippen LogP contribution < -0.4 is 5.73 Å². The van der Waals surface area contributed by atoms with Crippen molar-refractivity contribution in [2.24, 2.45) is 5.73 Å². The van der Waals surface area contributed by atoms with E-state index in [9.17, 15) is 4.39 Å². The third kappa shape index (κ3) is 2.67. The van der Waals surface area contributed by atoms with Crippen LogP contribution >= 0.6 is 0 Å². The quantitative estimate of drug-likeness (QED) is 0.887. The lowest BCUT2D eigenvalue weighted by atomic mass is 9.94. The molecule has 2 aliphatic rings. The molecular formula is C16H23FN2. The smallest absolute Gasteiger partial charge is 0.128 e. The van der Waals surface area contributed by atoms with Gasteiger partial charge in [-0.05, 0) is 45.2 Å². The van der Waals surface area contributed by atoms with Crippen LogP contribution in [0, 0.1) is 12.7 Å². The first-order chi connectivity index (χ1) is 9.16. The van der Waals surface area contributed by atoms with Gasteiger partial charge >= 0.3 is 0 Å². The van der Waals surface area contributed by atoms with Crippen LogP contribution in [0.3, 0.4) is 0 Å². The molecule has 104 valence electrons. The Hall–Kier alpha value is -0.930. The molecule has 1 aliphatic carbocycles. The number of aryl methyl sites for hydroxylation is 1. The monoisotopic (exact) mass is 262 g/mol. The van der Waals surface area contributed by atoms with Gasteiger partial charge in [0.2, 0.25) is 0 Å². The van der Waals surface area contributed by atoms with Crippen molar-refractivity contribution in [3.63, 3.8) is 0 Å². The lowest BCUT2D eigenvalue weighted by Crippen LogP contribution is -2.41. The normalized spacial score (nSPS) is 29.2. The number of likely N-dealkylation sites (tertiary alicyclic amines) is 1. The molecule has 1 aromatic rings. The van der Waals surface area contributed by atoms with Gasteiger partial charge in [-0.3, -0.25) is 4.90 Å². The summed E-state index contributed by atoms with van der Waals surface area (Å²) in [5.74, 6) is -0.0985. The Balaban J connectivity index is 1.98. The van der Waals surface area contributed by atoms with E-state index in [0.717, 1.165) is 30.5 Å². The van der Waals surface area contributed by atoms with Crippen LogP contribution in [-0.2, 0) is 0 Å². The third-order valence-corrected chi connectivity index (χ3v) is 4.45. The predicted octanol–water partition coefficient (Wildman–Crippen LogP) is 3.15. The summed E-state index contributed by atoms with van der Waals surface area (Å²) in [5.41, 5.74) is 8.30. The van der Waals surface area contributed by atoms with Gasteiger partial charge in [0.25, 0.3) is 0 Å². The Bertz CT molecular complexity index is 456. The Morgan fingerprint density at radius 1 is 1.21 bits per heavy atom. The minimum Gasteiger partial charge on any atom is -0.326 e. The van der Waals surface area contributed by atoms with Crippen LogP contribution in [0.25, 0.3) is 0 Å². The molecule has 1 aromatic carbocycles. The van der Waals surface area contributed by atoms with Gasteiger partial charge in [-0.2, -0.15) is 0 Å². The molecule has 1 saturated heterocycles. The van der Waals surface area contributed by atoms with Crippen molar-refractivity contribution in [2.75, 3.05) is 6.54 Å². The van der Waals surface area contributed by atoms with Crippen molar-refractivity contribution in [3.8, 4) is 0 Å². The molecule has 2 N–H and O–H groups in total. The van der Waals surface area contributed by atoms with Gasteiger partial charge < -0.3 is 5.73 Å². The first kappa shape index (κ1) is 13.1. The lowest BCUT2D eigenvalue weighted by molar-refractivity contribution is 0.172. The molecule has 2 atom stereocenters. The van der Waals surface area contributed by atoms with E-state index in [0.29, 0.717) is 6.04 Å². The predicted molar refractivity (Wildman–Crippen MR) is 75.4 cm³/mol. The summed E-state index contributed by atoms with van der Waals surface area (Å²) in [7, 11) is 0. The molecule has 0 radical (unpaired) electrons. The van der Waals surface area contributed by atoms with E-state index < -0.39 is 0 Å². The van der Waals surface area contributed by atoms with Gasteiger partial charge in [0, 0.05) is 17.6 Å². The molecule has 0 bridgehead atoms. The standard InChI is InChI=1S/C16H23FN2/c1-11-5-8-14(17)13(10-11)16-15(18)4-2-3-9-19(16)12-6-7-12/h5,8,10,12,15-16H,2-4,6-7,9,18H2,1H3. The first-order valence-corrected chi connectivity index (χ1v) is 7.44. The zero-order valence-corrected chi connectivity index (χ0v) is 11.6. The number of rotatable bonds is 2. The van der Waals surface area contributed by atoms with E-state index in [1.54, 1.807) is 6.07 Å². The lowest BCUT2D eigenvalue weighted by Gasteiger charge is -2.34. The highest BCUT2D eigenvalue weighted by atomic mass is 19.1. The molecule has 2 nitrogen and oxygen atoms in total. The summed E-state index contributed by atoms with van der Waals surface area (Å²) in [6, 6.07) is 6.17. The van der Waals surface area contributed by atoms with Crippen molar-refractivity contribution in [1.82, 2.24) is 4.90 Å². The van der Waals surface area contributed by atoms with Crippen LogP contribution in [-0.4, -0.2) is 23.5 Å². The summed E-state index contributed by atoms with van der Waals surface area (Å²) in [6.07, 6.45) is 5.84. The minimum atomic E-state index is -0.0985. The maximum absolute atomic E-state index is 14.2. The molecule has 0 amide bonds.